The van der Waals surface area contributed by atoms with Crippen molar-refractivity contribution in [3.8, 4) is 11.3 Å². The van der Waals surface area contributed by atoms with Crippen LogP contribution in [0.15, 0.2) is 67.6 Å². The number of imidazole rings is 1. The Morgan fingerprint density at radius 1 is 1.21 bits per heavy atom. The lowest BCUT2D eigenvalue weighted by molar-refractivity contribution is -0.137. The summed E-state index contributed by atoms with van der Waals surface area (Å²) in [7, 11) is 1.84. The van der Waals surface area contributed by atoms with E-state index < -0.39 is 11.7 Å². The zero-order valence-corrected chi connectivity index (χ0v) is 15.6. The van der Waals surface area contributed by atoms with Crippen LogP contribution in [0.2, 0.25) is 0 Å². The summed E-state index contributed by atoms with van der Waals surface area (Å²) in [5.74, 6) is -0.331. The Balaban J connectivity index is 1.84. The Morgan fingerprint density at radius 2 is 1.93 bits per heavy atom. The molecule has 3 aromatic rings. The van der Waals surface area contributed by atoms with Crippen LogP contribution in [0.1, 0.15) is 11.1 Å². The minimum absolute atomic E-state index is 0.330. The summed E-state index contributed by atoms with van der Waals surface area (Å²) in [4.78, 5) is 15.9. The normalized spacial score (nSPS) is 11.2. The number of benzene rings is 2. The van der Waals surface area contributed by atoms with E-state index in [4.69, 9.17) is 0 Å². The van der Waals surface area contributed by atoms with Gasteiger partial charge in [0.05, 0.1) is 17.6 Å². The molecule has 0 radical (unpaired) electrons. The molecule has 0 fully saturated rings. The zero-order chi connectivity index (χ0) is 21.0. The fourth-order valence-corrected chi connectivity index (χ4v) is 2.74. The second kappa shape index (κ2) is 8.22. The summed E-state index contributed by atoms with van der Waals surface area (Å²) in [5, 5.41) is 5.93. The average Bonchev–Trinajstić information content (AvgIpc) is 3.12. The van der Waals surface area contributed by atoms with Gasteiger partial charge in [-0.15, -0.1) is 0 Å². The molecule has 8 heteroatoms. The van der Waals surface area contributed by atoms with E-state index in [2.05, 4.69) is 22.2 Å². The van der Waals surface area contributed by atoms with E-state index in [-0.39, 0.29) is 5.91 Å². The summed E-state index contributed by atoms with van der Waals surface area (Å²) < 4.78 is 39.9. The maximum atomic E-state index is 12.7. The van der Waals surface area contributed by atoms with Crippen LogP contribution < -0.4 is 10.6 Å². The molecule has 0 aliphatic carbocycles. The zero-order valence-electron chi connectivity index (χ0n) is 15.6. The van der Waals surface area contributed by atoms with Gasteiger partial charge in [0, 0.05) is 36.7 Å². The highest BCUT2D eigenvalue weighted by Gasteiger charge is 2.29. The minimum Gasteiger partial charge on any atom is -0.380 e. The highest BCUT2D eigenvalue weighted by atomic mass is 19.4. The van der Waals surface area contributed by atoms with Crippen LogP contribution in [0.3, 0.4) is 0 Å². The number of alkyl halides is 3. The Bertz CT molecular complexity index is 1020. The van der Waals surface area contributed by atoms with Crippen LogP contribution in [0.4, 0.5) is 24.5 Å². The van der Waals surface area contributed by atoms with Crippen LogP contribution in [-0.4, -0.2) is 15.5 Å². The summed E-state index contributed by atoms with van der Waals surface area (Å²) >= 11 is 0. The number of nitrogens with zero attached hydrogens (tertiary/aromatic N) is 2. The average molecular weight is 400 g/mol. The number of aromatic nitrogens is 2. The molecule has 0 saturated carbocycles. The fraction of sp³-hybridized carbons (Fsp3) is 0.143. The number of amides is 1. The Morgan fingerprint density at radius 3 is 2.52 bits per heavy atom. The first kappa shape index (κ1) is 20.2. The molecule has 0 saturated heterocycles. The van der Waals surface area contributed by atoms with Crippen LogP contribution in [0.5, 0.6) is 0 Å². The van der Waals surface area contributed by atoms with E-state index in [0.29, 0.717) is 23.5 Å². The molecule has 2 aromatic carbocycles. The summed E-state index contributed by atoms with van der Waals surface area (Å²) in [5.41, 5.74) is 2.78. The van der Waals surface area contributed by atoms with Gasteiger partial charge in [-0.3, -0.25) is 4.79 Å². The molecule has 1 amide bonds. The molecular formula is C21H19F3N4O. The third-order valence-corrected chi connectivity index (χ3v) is 4.22. The van der Waals surface area contributed by atoms with Gasteiger partial charge in [0.1, 0.15) is 0 Å². The van der Waals surface area contributed by atoms with Crippen molar-refractivity contribution in [2.45, 2.75) is 12.7 Å². The third-order valence-electron chi connectivity index (χ3n) is 4.22. The number of carbonyl (C=O) groups excluding carboxylic acids is 1. The van der Waals surface area contributed by atoms with Crippen molar-refractivity contribution in [1.29, 1.82) is 0 Å². The van der Waals surface area contributed by atoms with Gasteiger partial charge in [-0.1, -0.05) is 18.7 Å². The van der Waals surface area contributed by atoms with Gasteiger partial charge < -0.3 is 15.2 Å². The van der Waals surface area contributed by atoms with E-state index in [0.717, 1.165) is 23.4 Å². The molecule has 29 heavy (non-hydrogen) atoms. The highest BCUT2D eigenvalue weighted by Crippen LogP contribution is 2.31. The molecule has 5 nitrogen and oxygen atoms in total. The number of nitrogens with one attached hydrogen (secondary N) is 2. The SMILES string of the molecule is C=CC(=O)Nc1ccc(NCc2ccc(C(F)(F)F)cc2)c(-c2cn(C)cn2)c1. The highest BCUT2D eigenvalue weighted by molar-refractivity contribution is 5.99. The predicted molar refractivity (Wildman–Crippen MR) is 106 cm³/mol. The van der Waals surface area contributed by atoms with E-state index in [1.165, 1.54) is 18.2 Å². The monoisotopic (exact) mass is 400 g/mol. The maximum Gasteiger partial charge on any atom is 0.416 e. The first-order valence-electron chi connectivity index (χ1n) is 8.72. The van der Waals surface area contributed by atoms with Gasteiger partial charge in [-0.25, -0.2) is 4.98 Å². The summed E-state index contributed by atoms with van der Waals surface area (Å²) in [6, 6.07) is 10.3. The maximum absolute atomic E-state index is 12.7. The van der Waals surface area contributed by atoms with Crippen molar-refractivity contribution < 1.29 is 18.0 Å². The molecule has 0 atom stereocenters. The third kappa shape index (κ3) is 5.04. The van der Waals surface area contributed by atoms with Gasteiger partial charge in [0.15, 0.2) is 0 Å². The predicted octanol–water partition coefficient (Wildman–Crippen LogP) is 4.84. The van der Waals surface area contributed by atoms with Gasteiger partial charge in [-0.05, 0) is 42.0 Å². The molecule has 1 aromatic heterocycles. The number of carbonyl (C=O) groups is 1. The van der Waals surface area contributed by atoms with Crippen molar-refractivity contribution in [3.05, 3.63) is 78.8 Å². The smallest absolute Gasteiger partial charge is 0.380 e. The van der Waals surface area contributed by atoms with Crippen LogP contribution >= 0.6 is 0 Å². The lowest BCUT2D eigenvalue weighted by Crippen LogP contribution is -2.08. The topological polar surface area (TPSA) is 59.0 Å². The van der Waals surface area contributed by atoms with Gasteiger partial charge in [0.2, 0.25) is 5.91 Å². The van der Waals surface area contributed by atoms with E-state index in [1.807, 2.05) is 13.2 Å². The minimum atomic E-state index is -4.36. The quantitative estimate of drug-likeness (QED) is 0.582. The van der Waals surface area contributed by atoms with E-state index >= 15 is 0 Å². The summed E-state index contributed by atoms with van der Waals surface area (Å²) in [6.07, 6.45) is 0.308. The van der Waals surface area contributed by atoms with E-state index in [9.17, 15) is 18.0 Å². The molecule has 0 unspecified atom stereocenters. The Kier molecular flexibility index (Phi) is 5.72. The number of halogens is 3. The molecule has 150 valence electrons. The molecule has 1 heterocycles. The van der Waals surface area contributed by atoms with Gasteiger partial charge in [0.25, 0.3) is 0 Å². The molecule has 0 aliphatic heterocycles. The fourth-order valence-electron chi connectivity index (χ4n) is 2.74. The number of hydrogen-bond acceptors (Lipinski definition) is 3. The number of hydrogen-bond donors (Lipinski definition) is 2. The first-order chi connectivity index (χ1) is 13.8. The lowest BCUT2D eigenvalue weighted by Gasteiger charge is -2.14. The Labute approximate surface area is 165 Å². The molecular weight excluding hydrogens is 381 g/mol. The molecule has 0 bridgehead atoms. The van der Waals surface area contributed by atoms with Crippen LogP contribution in [-0.2, 0) is 24.6 Å². The second-order valence-electron chi connectivity index (χ2n) is 6.43. The molecule has 3 rings (SSSR count). The largest absolute Gasteiger partial charge is 0.416 e. The first-order valence-corrected chi connectivity index (χ1v) is 8.72. The van der Waals surface area contributed by atoms with Crippen molar-refractivity contribution in [1.82, 2.24) is 9.55 Å². The number of aryl methyl sites for hydroxylation is 1. The van der Waals surface area contributed by atoms with Crippen molar-refractivity contribution in [3.63, 3.8) is 0 Å². The van der Waals surface area contributed by atoms with E-state index in [1.54, 1.807) is 29.1 Å². The molecule has 0 aliphatic rings. The van der Waals surface area contributed by atoms with Crippen LogP contribution in [0.25, 0.3) is 11.3 Å². The van der Waals surface area contributed by atoms with Crippen molar-refractivity contribution in [2.24, 2.45) is 7.05 Å². The standard InChI is InChI=1S/C21H19F3N4O/c1-3-20(29)27-16-8-9-18(17(10-16)19-12-28(2)13-26-19)25-11-14-4-6-15(7-5-14)21(22,23)24/h3-10,12-13,25H,1,11H2,2H3,(H,27,29). The van der Waals surface area contributed by atoms with Gasteiger partial charge in [-0.2, -0.15) is 13.2 Å². The Hall–Kier alpha value is -3.55. The lowest BCUT2D eigenvalue weighted by atomic mass is 10.1. The summed E-state index contributed by atoms with van der Waals surface area (Å²) in [6.45, 7) is 3.76. The molecule has 0 spiro atoms. The number of anilines is 2. The van der Waals surface area contributed by atoms with Crippen molar-refractivity contribution in [2.75, 3.05) is 10.6 Å². The molecule has 2 N–H and O–H groups in total. The second-order valence-corrected chi connectivity index (χ2v) is 6.43. The number of rotatable bonds is 6. The van der Waals surface area contributed by atoms with Crippen LogP contribution in [0, 0.1) is 0 Å². The van der Waals surface area contributed by atoms with Crippen molar-refractivity contribution >= 4 is 17.3 Å². The van der Waals surface area contributed by atoms with Gasteiger partial charge >= 0.3 is 6.18 Å².